The number of benzene rings is 2. The van der Waals surface area contributed by atoms with E-state index in [2.05, 4.69) is 4.57 Å². The minimum Gasteiger partial charge on any atom is -0.296 e. The molecule has 0 amide bonds. The van der Waals surface area contributed by atoms with Crippen LogP contribution >= 0.6 is 23.2 Å². The van der Waals surface area contributed by atoms with Gasteiger partial charge in [0, 0.05) is 28.2 Å². The Bertz CT molecular complexity index is 1120. The quantitative estimate of drug-likeness (QED) is 0.589. The number of nitrogens with zero attached hydrogens (tertiary/aromatic N) is 2. The average molecular weight is 421 g/mol. The summed E-state index contributed by atoms with van der Waals surface area (Å²) in [6.45, 7) is 0. The molecule has 4 nitrogen and oxygen atoms in total. The molecule has 1 aliphatic carbocycles. The van der Waals surface area contributed by atoms with Crippen molar-refractivity contribution in [1.29, 1.82) is 0 Å². The summed E-state index contributed by atoms with van der Waals surface area (Å²) in [5, 5.41) is 1.17. The SMILES string of the molecule is CS(=O)(=O)c1ccc(-n2c(-c3cc(Cl)ccc3Cl)nc3c2CCCC3)cc1. The summed E-state index contributed by atoms with van der Waals surface area (Å²) < 4.78 is 25.6. The molecule has 0 radical (unpaired) electrons. The van der Waals surface area contributed by atoms with Crippen LogP contribution in [-0.2, 0) is 22.7 Å². The third kappa shape index (κ3) is 3.51. The molecule has 0 spiro atoms. The van der Waals surface area contributed by atoms with Crippen molar-refractivity contribution in [3.8, 4) is 17.1 Å². The maximum atomic E-state index is 11.8. The molecule has 0 atom stereocenters. The standard InChI is InChI=1S/C20H18Cl2N2O2S/c1-27(25,26)15-9-7-14(8-10-15)24-19-5-3-2-4-18(19)23-20(24)16-12-13(21)6-11-17(16)22/h6-12H,2-5H2,1H3. The molecule has 0 saturated heterocycles. The second kappa shape index (κ2) is 6.97. The van der Waals surface area contributed by atoms with Crippen LogP contribution in [0.15, 0.2) is 47.4 Å². The van der Waals surface area contributed by atoms with Crippen molar-refractivity contribution in [3.63, 3.8) is 0 Å². The second-order valence-corrected chi connectivity index (χ2v) is 9.62. The zero-order chi connectivity index (χ0) is 19.2. The van der Waals surface area contributed by atoms with E-state index in [-0.39, 0.29) is 0 Å². The molecule has 1 aliphatic rings. The second-order valence-electron chi connectivity index (χ2n) is 6.76. The van der Waals surface area contributed by atoms with Crippen molar-refractivity contribution in [2.75, 3.05) is 6.26 Å². The highest BCUT2D eigenvalue weighted by atomic mass is 35.5. The predicted molar refractivity (Wildman–Crippen MR) is 109 cm³/mol. The summed E-state index contributed by atoms with van der Waals surface area (Å²) in [5.41, 5.74) is 3.86. The Morgan fingerprint density at radius 1 is 1.00 bits per heavy atom. The summed E-state index contributed by atoms with van der Waals surface area (Å²) in [6.07, 6.45) is 5.27. The van der Waals surface area contributed by atoms with Crippen molar-refractivity contribution in [3.05, 3.63) is 63.9 Å². The Morgan fingerprint density at radius 2 is 1.70 bits per heavy atom. The van der Waals surface area contributed by atoms with Crippen LogP contribution in [0.4, 0.5) is 0 Å². The fraction of sp³-hybridized carbons (Fsp3) is 0.250. The number of fused-ring (bicyclic) bond motifs is 1. The molecule has 4 rings (SSSR count). The van der Waals surface area contributed by atoms with Crippen LogP contribution in [0.1, 0.15) is 24.2 Å². The van der Waals surface area contributed by atoms with E-state index in [4.69, 9.17) is 28.2 Å². The molecular weight excluding hydrogens is 403 g/mol. The van der Waals surface area contributed by atoms with Gasteiger partial charge in [0.25, 0.3) is 0 Å². The van der Waals surface area contributed by atoms with Crippen molar-refractivity contribution in [2.45, 2.75) is 30.6 Å². The summed E-state index contributed by atoms with van der Waals surface area (Å²) in [5.74, 6) is 0.738. The Morgan fingerprint density at radius 3 is 2.41 bits per heavy atom. The summed E-state index contributed by atoms with van der Waals surface area (Å²) >= 11 is 12.6. The Labute approximate surface area is 168 Å². The van der Waals surface area contributed by atoms with E-state index in [9.17, 15) is 8.42 Å². The van der Waals surface area contributed by atoms with Crippen molar-refractivity contribution in [1.82, 2.24) is 9.55 Å². The molecule has 0 fully saturated rings. The van der Waals surface area contributed by atoms with Gasteiger partial charge in [-0.2, -0.15) is 0 Å². The molecule has 7 heteroatoms. The topological polar surface area (TPSA) is 52.0 Å². The fourth-order valence-corrected chi connectivity index (χ4v) is 4.52. The third-order valence-electron chi connectivity index (χ3n) is 4.83. The zero-order valence-corrected chi connectivity index (χ0v) is 17.1. The molecule has 3 aromatic rings. The number of imidazole rings is 1. The number of rotatable bonds is 3. The largest absolute Gasteiger partial charge is 0.296 e. The van der Waals surface area contributed by atoms with Gasteiger partial charge in [-0.1, -0.05) is 23.2 Å². The van der Waals surface area contributed by atoms with Gasteiger partial charge >= 0.3 is 0 Å². The lowest BCUT2D eigenvalue weighted by atomic mass is 10.0. The van der Waals surface area contributed by atoms with E-state index in [1.807, 2.05) is 18.2 Å². The number of hydrogen-bond acceptors (Lipinski definition) is 3. The van der Waals surface area contributed by atoms with Crippen LogP contribution in [0.25, 0.3) is 17.1 Å². The molecule has 1 heterocycles. The first kappa shape index (κ1) is 18.5. The smallest absolute Gasteiger partial charge is 0.175 e. The van der Waals surface area contributed by atoms with Crippen molar-refractivity contribution in [2.24, 2.45) is 0 Å². The van der Waals surface area contributed by atoms with Gasteiger partial charge in [0.15, 0.2) is 9.84 Å². The van der Waals surface area contributed by atoms with Crippen LogP contribution < -0.4 is 0 Å². The lowest BCUT2D eigenvalue weighted by Crippen LogP contribution is -2.08. The highest BCUT2D eigenvalue weighted by Crippen LogP contribution is 2.35. The maximum absolute atomic E-state index is 11.8. The van der Waals surface area contributed by atoms with Crippen LogP contribution in [0.3, 0.4) is 0 Å². The number of sulfone groups is 1. The lowest BCUT2D eigenvalue weighted by Gasteiger charge is -2.16. The number of aryl methyl sites for hydroxylation is 1. The fourth-order valence-electron chi connectivity index (χ4n) is 3.51. The maximum Gasteiger partial charge on any atom is 0.175 e. The van der Waals surface area contributed by atoms with Gasteiger partial charge in [-0.3, -0.25) is 4.57 Å². The van der Waals surface area contributed by atoms with E-state index >= 15 is 0 Å². The molecule has 0 unspecified atom stereocenters. The van der Waals surface area contributed by atoms with Crippen LogP contribution in [0.5, 0.6) is 0 Å². The molecule has 140 valence electrons. The van der Waals surface area contributed by atoms with Gasteiger partial charge in [-0.05, 0) is 68.1 Å². The third-order valence-corrected chi connectivity index (χ3v) is 6.52. The minimum absolute atomic E-state index is 0.294. The van der Waals surface area contributed by atoms with E-state index in [1.54, 1.807) is 24.3 Å². The van der Waals surface area contributed by atoms with Gasteiger partial charge < -0.3 is 0 Å². The predicted octanol–water partition coefficient (Wildman–Crippen LogP) is 5.13. The van der Waals surface area contributed by atoms with Crippen LogP contribution in [-0.4, -0.2) is 24.2 Å². The van der Waals surface area contributed by atoms with Crippen LogP contribution in [0, 0.1) is 0 Å². The highest BCUT2D eigenvalue weighted by Gasteiger charge is 2.23. The molecule has 2 aromatic carbocycles. The van der Waals surface area contributed by atoms with E-state index in [0.717, 1.165) is 54.1 Å². The number of halogens is 2. The van der Waals surface area contributed by atoms with Gasteiger partial charge in [0.2, 0.25) is 0 Å². The molecular formula is C20H18Cl2N2O2S. The normalized spacial score (nSPS) is 14.2. The highest BCUT2D eigenvalue weighted by molar-refractivity contribution is 7.90. The van der Waals surface area contributed by atoms with Crippen molar-refractivity contribution < 1.29 is 8.42 Å². The lowest BCUT2D eigenvalue weighted by molar-refractivity contribution is 0.602. The Kier molecular flexibility index (Phi) is 4.78. The van der Waals surface area contributed by atoms with E-state index in [1.165, 1.54) is 6.26 Å². The molecule has 0 saturated carbocycles. The molecule has 1 aromatic heterocycles. The number of hydrogen-bond donors (Lipinski definition) is 0. The molecule has 0 bridgehead atoms. The zero-order valence-electron chi connectivity index (χ0n) is 14.7. The van der Waals surface area contributed by atoms with E-state index in [0.29, 0.717) is 14.9 Å². The summed E-state index contributed by atoms with van der Waals surface area (Å²) in [7, 11) is -3.24. The van der Waals surface area contributed by atoms with Crippen LogP contribution in [0.2, 0.25) is 10.0 Å². The average Bonchev–Trinajstić information content (AvgIpc) is 3.02. The Balaban J connectivity index is 1.94. The van der Waals surface area contributed by atoms with Gasteiger partial charge in [0.1, 0.15) is 5.82 Å². The summed E-state index contributed by atoms with van der Waals surface area (Å²) in [4.78, 5) is 5.17. The monoisotopic (exact) mass is 420 g/mol. The van der Waals surface area contributed by atoms with Gasteiger partial charge in [-0.15, -0.1) is 0 Å². The van der Waals surface area contributed by atoms with Gasteiger partial charge in [0.05, 0.1) is 15.6 Å². The molecule has 0 N–H and O–H groups in total. The molecule has 27 heavy (non-hydrogen) atoms. The van der Waals surface area contributed by atoms with Crippen molar-refractivity contribution >= 4 is 33.0 Å². The van der Waals surface area contributed by atoms with E-state index < -0.39 is 9.84 Å². The Hall–Kier alpha value is -1.82. The summed E-state index contributed by atoms with van der Waals surface area (Å²) in [6, 6.07) is 12.2. The minimum atomic E-state index is -3.24. The molecule has 0 aliphatic heterocycles. The van der Waals surface area contributed by atoms with Gasteiger partial charge in [-0.25, -0.2) is 13.4 Å². The number of aromatic nitrogens is 2. The first-order valence-electron chi connectivity index (χ1n) is 8.71. The first-order valence-corrected chi connectivity index (χ1v) is 11.4. The first-order chi connectivity index (χ1) is 12.8.